The number of hydrogen-bond acceptors (Lipinski definition) is 5. The van der Waals surface area contributed by atoms with E-state index >= 15 is 0 Å². The highest BCUT2D eigenvalue weighted by molar-refractivity contribution is 7.89. The van der Waals surface area contributed by atoms with Crippen molar-refractivity contribution in [2.24, 2.45) is 0 Å². The van der Waals surface area contributed by atoms with Crippen LogP contribution in [0.1, 0.15) is 32.7 Å². The highest BCUT2D eigenvalue weighted by Crippen LogP contribution is 2.21. The molecule has 9 heteroatoms. The molecule has 0 atom stereocenters. The fourth-order valence-electron chi connectivity index (χ4n) is 2.29. The first-order valence-electron chi connectivity index (χ1n) is 7.17. The molecule has 1 aromatic rings. The quantitative estimate of drug-likeness (QED) is 0.824. The number of carboxylic acid groups (broad SMARTS) is 1. The zero-order valence-corrected chi connectivity index (χ0v) is 13.5. The molecular formula is C13H21N3O5S. The number of piperidine rings is 1. The van der Waals surface area contributed by atoms with E-state index in [1.165, 1.54) is 16.8 Å². The number of rotatable bonds is 6. The maximum Gasteiger partial charge on any atom is 0.329 e. The van der Waals surface area contributed by atoms with Crippen LogP contribution in [0.15, 0.2) is 17.6 Å². The van der Waals surface area contributed by atoms with Gasteiger partial charge in [0.2, 0.25) is 0 Å². The zero-order chi connectivity index (χ0) is 16.3. The number of sulfonamides is 1. The number of carboxylic acids is 1. The largest absolute Gasteiger partial charge is 0.480 e. The van der Waals surface area contributed by atoms with E-state index in [9.17, 15) is 13.2 Å². The molecule has 1 aromatic heterocycles. The van der Waals surface area contributed by atoms with Crippen molar-refractivity contribution in [2.45, 2.75) is 43.9 Å². The molecule has 0 spiro atoms. The Morgan fingerprint density at radius 2 is 2.09 bits per heavy atom. The summed E-state index contributed by atoms with van der Waals surface area (Å²) < 4.78 is 33.3. The molecule has 8 nitrogen and oxygen atoms in total. The number of carbonyl (C=O) groups is 1. The SMILES string of the molecule is CC(C)n1cnc(S(=O)(=O)N2CCC(OCC(=O)O)CC2)c1. The number of aromatic nitrogens is 2. The molecule has 0 aliphatic carbocycles. The lowest BCUT2D eigenvalue weighted by Gasteiger charge is -2.30. The second kappa shape index (κ2) is 6.76. The summed E-state index contributed by atoms with van der Waals surface area (Å²) in [5.41, 5.74) is 0. The van der Waals surface area contributed by atoms with Crippen molar-refractivity contribution in [2.75, 3.05) is 19.7 Å². The minimum atomic E-state index is -3.60. The molecule has 0 saturated carbocycles. The molecule has 0 unspecified atom stereocenters. The number of ether oxygens (including phenoxy) is 1. The normalized spacial score (nSPS) is 18.0. The third-order valence-corrected chi connectivity index (χ3v) is 5.41. The highest BCUT2D eigenvalue weighted by atomic mass is 32.2. The van der Waals surface area contributed by atoms with Crippen molar-refractivity contribution in [1.29, 1.82) is 0 Å². The van der Waals surface area contributed by atoms with Crippen molar-refractivity contribution >= 4 is 16.0 Å². The Bertz CT molecular complexity index is 617. The predicted molar refractivity (Wildman–Crippen MR) is 78.0 cm³/mol. The summed E-state index contributed by atoms with van der Waals surface area (Å²) in [5.74, 6) is -1.02. The molecule has 1 aliphatic heterocycles. The van der Waals surface area contributed by atoms with Gasteiger partial charge in [0.25, 0.3) is 10.0 Å². The van der Waals surface area contributed by atoms with Crippen LogP contribution in [0.5, 0.6) is 0 Å². The molecule has 0 aromatic carbocycles. The van der Waals surface area contributed by atoms with Gasteiger partial charge < -0.3 is 14.4 Å². The predicted octanol–water partition coefficient (Wildman–Crippen LogP) is 0.718. The van der Waals surface area contributed by atoms with Gasteiger partial charge in [-0.05, 0) is 26.7 Å². The standard InChI is InChI=1S/C13H21N3O5S/c1-10(2)15-7-12(14-9-15)22(19,20)16-5-3-11(4-6-16)21-8-13(17)18/h7,9-11H,3-6,8H2,1-2H3,(H,17,18). The number of aliphatic carboxylic acids is 1. The van der Waals surface area contributed by atoms with Gasteiger partial charge in [0.15, 0.2) is 5.03 Å². The van der Waals surface area contributed by atoms with E-state index in [1.54, 1.807) is 4.57 Å². The van der Waals surface area contributed by atoms with E-state index in [2.05, 4.69) is 4.98 Å². The van der Waals surface area contributed by atoms with Crippen molar-refractivity contribution in [3.05, 3.63) is 12.5 Å². The Kier molecular flexibility index (Phi) is 5.20. The summed E-state index contributed by atoms with van der Waals surface area (Å²) in [4.78, 5) is 14.5. The van der Waals surface area contributed by atoms with E-state index < -0.39 is 16.0 Å². The first-order valence-corrected chi connectivity index (χ1v) is 8.61. The van der Waals surface area contributed by atoms with Crippen LogP contribution in [-0.4, -0.2) is 59.2 Å². The van der Waals surface area contributed by atoms with Crippen molar-refractivity contribution in [3.63, 3.8) is 0 Å². The number of hydrogen-bond donors (Lipinski definition) is 1. The van der Waals surface area contributed by atoms with Crippen LogP contribution in [0.4, 0.5) is 0 Å². The molecule has 0 radical (unpaired) electrons. The van der Waals surface area contributed by atoms with Gasteiger partial charge in [0.1, 0.15) is 6.61 Å². The van der Waals surface area contributed by atoms with Crippen molar-refractivity contribution in [3.8, 4) is 0 Å². The molecule has 22 heavy (non-hydrogen) atoms. The summed E-state index contributed by atoms with van der Waals surface area (Å²) in [6.07, 6.45) is 3.80. The maximum absolute atomic E-state index is 12.5. The molecule has 1 aliphatic rings. The summed E-state index contributed by atoms with van der Waals surface area (Å²) in [6.45, 7) is 4.16. The summed E-state index contributed by atoms with van der Waals surface area (Å²) in [7, 11) is -3.60. The third-order valence-electron chi connectivity index (χ3n) is 3.62. The lowest BCUT2D eigenvalue weighted by Crippen LogP contribution is -2.41. The summed E-state index contributed by atoms with van der Waals surface area (Å²) in [5, 5.41) is 8.63. The molecule has 2 rings (SSSR count). The highest BCUT2D eigenvalue weighted by Gasteiger charge is 2.31. The Morgan fingerprint density at radius 1 is 1.45 bits per heavy atom. The average Bonchev–Trinajstić information content (AvgIpc) is 2.96. The van der Waals surface area contributed by atoms with Gasteiger partial charge in [-0.1, -0.05) is 0 Å². The van der Waals surface area contributed by atoms with Crippen molar-refractivity contribution < 1.29 is 23.1 Å². The van der Waals surface area contributed by atoms with E-state index in [4.69, 9.17) is 9.84 Å². The van der Waals surface area contributed by atoms with Crippen LogP contribution >= 0.6 is 0 Å². The Balaban J connectivity index is 1.98. The van der Waals surface area contributed by atoms with Crippen LogP contribution < -0.4 is 0 Å². The van der Waals surface area contributed by atoms with Gasteiger partial charge >= 0.3 is 5.97 Å². The maximum atomic E-state index is 12.5. The second-order valence-electron chi connectivity index (χ2n) is 5.56. The smallest absolute Gasteiger partial charge is 0.329 e. The lowest BCUT2D eigenvalue weighted by atomic mass is 10.1. The van der Waals surface area contributed by atoms with E-state index in [1.807, 2.05) is 13.8 Å². The van der Waals surface area contributed by atoms with Gasteiger partial charge in [-0.3, -0.25) is 0 Å². The molecule has 124 valence electrons. The summed E-state index contributed by atoms with van der Waals surface area (Å²) in [6, 6.07) is 0.145. The Labute approximate surface area is 129 Å². The van der Waals surface area contributed by atoms with E-state index in [0.29, 0.717) is 25.9 Å². The van der Waals surface area contributed by atoms with Gasteiger partial charge in [0.05, 0.1) is 12.4 Å². The zero-order valence-electron chi connectivity index (χ0n) is 12.7. The first kappa shape index (κ1) is 16.9. The number of imidazole rings is 1. The molecule has 2 heterocycles. The van der Waals surface area contributed by atoms with Crippen LogP contribution in [0, 0.1) is 0 Å². The van der Waals surface area contributed by atoms with Crippen LogP contribution in [0.3, 0.4) is 0 Å². The molecular weight excluding hydrogens is 310 g/mol. The molecule has 0 bridgehead atoms. The van der Waals surface area contributed by atoms with Gasteiger partial charge in [-0.15, -0.1) is 0 Å². The Morgan fingerprint density at radius 3 is 2.59 bits per heavy atom. The summed E-state index contributed by atoms with van der Waals surface area (Å²) >= 11 is 0. The molecule has 1 saturated heterocycles. The second-order valence-corrected chi connectivity index (χ2v) is 7.45. The van der Waals surface area contributed by atoms with Crippen LogP contribution in [-0.2, 0) is 19.6 Å². The minimum absolute atomic E-state index is 0.0473. The fourth-order valence-corrected chi connectivity index (χ4v) is 3.69. The van der Waals surface area contributed by atoms with Crippen LogP contribution in [0.25, 0.3) is 0 Å². The molecule has 1 fully saturated rings. The van der Waals surface area contributed by atoms with E-state index in [-0.39, 0.29) is 23.8 Å². The van der Waals surface area contributed by atoms with Gasteiger partial charge in [-0.25, -0.2) is 18.2 Å². The third kappa shape index (κ3) is 3.84. The molecule has 0 amide bonds. The Hall–Kier alpha value is -1.45. The topological polar surface area (TPSA) is 102 Å². The minimum Gasteiger partial charge on any atom is -0.480 e. The fraction of sp³-hybridized carbons (Fsp3) is 0.692. The first-order chi connectivity index (χ1) is 10.3. The monoisotopic (exact) mass is 331 g/mol. The van der Waals surface area contributed by atoms with Crippen molar-refractivity contribution in [1.82, 2.24) is 13.9 Å². The van der Waals surface area contributed by atoms with Gasteiger partial charge in [-0.2, -0.15) is 4.31 Å². The molecule has 1 N–H and O–H groups in total. The van der Waals surface area contributed by atoms with Gasteiger partial charge in [0, 0.05) is 25.3 Å². The van der Waals surface area contributed by atoms with E-state index in [0.717, 1.165) is 0 Å². The average molecular weight is 331 g/mol. The lowest BCUT2D eigenvalue weighted by molar-refractivity contribution is -0.145. The number of nitrogens with zero attached hydrogens (tertiary/aromatic N) is 3. The van der Waals surface area contributed by atoms with Crippen LogP contribution in [0.2, 0.25) is 0 Å².